The van der Waals surface area contributed by atoms with Crippen LogP contribution in [-0.4, -0.2) is 40.7 Å². The molecular weight excluding hydrogens is 354 g/mol. The topological polar surface area (TPSA) is 64.6 Å². The molecule has 4 rings (SSSR count). The van der Waals surface area contributed by atoms with Gasteiger partial charge in [-0.1, -0.05) is 13.0 Å². The van der Waals surface area contributed by atoms with E-state index in [0.29, 0.717) is 26.2 Å². The summed E-state index contributed by atoms with van der Waals surface area (Å²) < 4.78 is 10.9. The molecule has 2 aliphatic rings. The van der Waals surface area contributed by atoms with Crippen molar-refractivity contribution < 1.29 is 14.3 Å². The molecule has 1 fully saturated rings. The second kappa shape index (κ2) is 7.41. The van der Waals surface area contributed by atoms with Crippen LogP contribution in [0.25, 0.3) is 0 Å². The smallest absolute Gasteiger partial charge is 0.231 e. The van der Waals surface area contributed by atoms with Crippen LogP contribution in [0.5, 0.6) is 11.5 Å². The number of rotatable bonds is 5. The van der Waals surface area contributed by atoms with Crippen molar-refractivity contribution in [1.82, 2.24) is 14.9 Å². The normalized spacial score (nSPS) is 21.2. The number of aryl methyl sites for hydroxylation is 2. The second-order valence-electron chi connectivity index (χ2n) is 8.31. The Morgan fingerprint density at radius 2 is 1.86 bits per heavy atom. The average molecular weight is 381 g/mol. The standard InChI is InChI=1S/C22H27N3O3/c1-15-10-16(2)24-20(23-15)7-9-25-13-22(3,8-6-21(25)26)12-17-4-5-18-19(11-17)28-14-27-18/h4-5,10-11H,6-9,12-14H2,1-3H3. The Balaban J connectivity index is 1.42. The van der Waals surface area contributed by atoms with Crippen molar-refractivity contribution in [1.29, 1.82) is 0 Å². The quantitative estimate of drug-likeness (QED) is 0.796. The van der Waals surface area contributed by atoms with E-state index in [4.69, 9.17) is 9.47 Å². The van der Waals surface area contributed by atoms with Crippen molar-refractivity contribution >= 4 is 5.91 Å². The minimum absolute atomic E-state index is 0.0466. The molecule has 1 amide bonds. The monoisotopic (exact) mass is 381 g/mol. The van der Waals surface area contributed by atoms with Gasteiger partial charge < -0.3 is 14.4 Å². The maximum atomic E-state index is 12.5. The summed E-state index contributed by atoms with van der Waals surface area (Å²) in [5.74, 6) is 2.67. The van der Waals surface area contributed by atoms with Crippen LogP contribution in [0.3, 0.4) is 0 Å². The van der Waals surface area contributed by atoms with Crippen molar-refractivity contribution in [2.75, 3.05) is 19.9 Å². The number of hydrogen-bond donors (Lipinski definition) is 0. The predicted octanol–water partition coefficient (Wildman–Crippen LogP) is 3.24. The van der Waals surface area contributed by atoms with Gasteiger partial charge in [0.05, 0.1) is 0 Å². The molecule has 1 aromatic carbocycles. The van der Waals surface area contributed by atoms with Gasteiger partial charge in [-0.25, -0.2) is 9.97 Å². The molecule has 1 saturated heterocycles. The van der Waals surface area contributed by atoms with E-state index < -0.39 is 0 Å². The highest BCUT2D eigenvalue weighted by atomic mass is 16.7. The van der Waals surface area contributed by atoms with E-state index in [1.807, 2.05) is 30.9 Å². The van der Waals surface area contributed by atoms with E-state index in [9.17, 15) is 4.79 Å². The van der Waals surface area contributed by atoms with Crippen molar-refractivity contribution in [2.45, 2.75) is 46.5 Å². The largest absolute Gasteiger partial charge is 0.454 e. The fraction of sp³-hybridized carbons (Fsp3) is 0.500. The van der Waals surface area contributed by atoms with Gasteiger partial charge in [-0.05, 0) is 55.9 Å². The second-order valence-corrected chi connectivity index (χ2v) is 8.31. The summed E-state index contributed by atoms with van der Waals surface area (Å²) in [4.78, 5) is 23.5. The minimum atomic E-state index is 0.0466. The minimum Gasteiger partial charge on any atom is -0.454 e. The molecular formula is C22H27N3O3. The molecule has 28 heavy (non-hydrogen) atoms. The molecule has 3 heterocycles. The summed E-state index contributed by atoms with van der Waals surface area (Å²) in [6, 6.07) is 8.11. The number of likely N-dealkylation sites (tertiary alicyclic amines) is 1. The highest BCUT2D eigenvalue weighted by Crippen LogP contribution is 2.37. The summed E-state index contributed by atoms with van der Waals surface area (Å²) in [5.41, 5.74) is 3.21. The van der Waals surface area contributed by atoms with Crippen LogP contribution in [-0.2, 0) is 17.6 Å². The van der Waals surface area contributed by atoms with E-state index >= 15 is 0 Å². The molecule has 1 atom stereocenters. The van der Waals surface area contributed by atoms with Crippen LogP contribution in [0.2, 0.25) is 0 Å². The van der Waals surface area contributed by atoms with E-state index in [0.717, 1.165) is 48.1 Å². The van der Waals surface area contributed by atoms with Crippen LogP contribution in [0.1, 0.15) is 42.5 Å². The first kappa shape index (κ1) is 18.7. The number of fused-ring (bicyclic) bond motifs is 1. The number of carbonyl (C=O) groups excluding carboxylic acids is 1. The number of hydrogen-bond acceptors (Lipinski definition) is 5. The highest BCUT2D eigenvalue weighted by Gasteiger charge is 2.35. The van der Waals surface area contributed by atoms with Gasteiger partial charge in [-0.2, -0.15) is 0 Å². The van der Waals surface area contributed by atoms with Gasteiger partial charge >= 0.3 is 0 Å². The Morgan fingerprint density at radius 1 is 1.11 bits per heavy atom. The first-order valence-electron chi connectivity index (χ1n) is 9.88. The third-order valence-corrected chi connectivity index (χ3v) is 5.57. The SMILES string of the molecule is Cc1cc(C)nc(CCN2CC(C)(Cc3ccc4c(c3)OCO4)CCC2=O)n1. The molecule has 2 aliphatic heterocycles. The Kier molecular flexibility index (Phi) is 4.96. The van der Waals surface area contributed by atoms with Gasteiger partial charge in [0, 0.05) is 37.3 Å². The predicted molar refractivity (Wildman–Crippen MR) is 105 cm³/mol. The van der Waals surface area contributed by atoms with Crippen molar-refractivity contribution in [2.24, 2.45) is 5.41 Å². The number of ether oxygens (including phenoxy) is 2. The van der Waals surface area contributed by atoms with Gasteiger partial charge in [0.15, 0.2) is 11.5 Å². The molecule has 1 unspecified atom stereocenters. The first-order chi connectivity index (χ1) is 13.4. The molecule has 0 bridgehead atoms. The van der Waals surface area contributed by atoms with Gasteiger partial charge in [-0.15, -0.1) is 0 Å². The van der Waals surface area contributed by atoms with Crippen molar-refractivity contribution in [3.63, 3.8) is 0 Å². The Bertz CT molecular complexity index is 878. The van der Waals surface area contributed by atoms with Gasteiger partial charge in [0.1, 0.15) is 5.82 Å². The lowest BCUT2D eigenvalue weighted by Gasteiger charge is -2.40. The molecule has 0 spiro atoms. The Morgan fingerprint density at radius 3 is 2.64 bits per heavy atom. The lowest BCUT2D eigenvalue weighted by molar-refractivity contribution is -0.137. The maximum Gasteiger partial charge on any atom is 0.231 e. The van der Waals surface area contributed by atoms with E-state index in [-0.39, 0.29) is 11.3 Å². The number of carbonyl (C=O) groups is 1. The average Bonchev–Trinajstić information content (AvgIpc) is 3.10. The zero-order valence-electron chi connectivity index (χ0n) is 16.8. The summed E-state index contributed by atoms with van der Waals surface area (Å²) in [6.45, 7) is 7.94. The zero-order chi connectivity index (χ0) is 19.7. The molecule has 2 aromatic rings. The third-order valence-electron chi connectivity index (χ3n) is 5.57. The molecule has 0 aliphatic carbocycles. The van der Waals surface area contributed by atoms with Gasteiger partial charge in [0.2, 0.25) is 12.7 Å². The number of benzene rings is 1. The van der Waals surface area contributed by atoms with E-state index in [1.165, 1.54) is 5.56 Å². The summed E-state index contributed by atoms with van der Waals surface area (Å²) in [5, 5.41) is 0. The fourth-order valence-corrected chi connectivity index (χ4v) is 4.23. The lowest BCUT2D eigenvalue weighted by atomic mass is 9.76. The highest BCUT2D eigenvalue weighted by molar-refractivity contribution is 5.77. The van der Waals surface area contributed by atoms with Crippen LogP contribution in [0.4, 0.5) is 0 Å². The number of piperidine rings is 1. The summed E-state index contributed by atoms with van der Waals surface area (Å²) in [7, 11) is 0. The molecule has 1 aromatic heterocycles. The molecule has 6 heteroatoms. The van der Waals surface area contributed by atoms with Crippen LogP contribution in [0.15, 0.2) is 24.3 Å². The first-order valence-corrected chi connectivity index (χ1v) is 9.88. The molecule has 148 valence electrons. The van der Waals surface area contributed by atoms with Crippen LogP contribution >= 0.6 is 0 Å². The lowest BCUT2D eigenvalue weighted by Crippen LogP contribution is -2.47. The zero-order valence-corrected chi connectivity index (χ0v) is 16.8. The molecule has 0 saturated carbocycles. The summed E-state index contributed by atoms with van der Waals surface area (Å²) in [6.07, 6.45) is 3.09. The Hall–Kier alpha value is -2.63. The number of nitrogens with zero attached hydrogens (tertiary/aromatic N) is 3. The molecule has 0 radical (unpaired) electrons. The van der Waals surface area contributed by atoms with Crippen molar-refractivity contribution in [3.8, 4) is 11.5 Å². The van der Waals surface area contributed by atoms with E-state index in [2.05, 4.69) is 29.0 Å². The molecule has 0 N–H and O–H groups in total. The van der Waals surface area contributed by atoms with Gasteiger partial charge in [0.25, 0.3) is 0 Å². The van der Waals surface area contributed by atoms with Crippen LogP contribution in [0, 0.1) is 19.3 Å². The maximum absolute atomic E-state index is 12.5. The number of amides is 1. The van der Waals surface area contributed by atoms with E-state index in [1.54, 1.807) is 0 Å². The van der Waals surface area contributed by atoms with Gasteiger partial charge in [-0.3, -0.25) is 4.79 Å². The van der Waals surface area contributed by atoms with Crippen LogP contribution < -0.4 is 9.47 Å². The Labute approximate surface area is 165 Å². The molecule has 6 nitrogen and oxygen atoms in total. The summed E-state index contributed by atoms with van der Waals surface area (Å²) >= 11 is 0. The fourth-order valence-electron chi connectivity index (χ4n) is 4.23. The third kappa shape index (κ3) is 4.11. The number of aromatic nitrogens is 2. The van der Waals surface area contributed by atoms with Crippen molar-refractivity contribution in [3.05, 3.63) is 47.0 Å².